The minimum atomic E-state index is -1.66. The molecule has 3 heterocycles. The molecule has 0 aromatic heterocycles. The van der Waals surface area contributed by atoms with E-state index in [1.54, 1.807) is 31.3 Å². The van der Waals surface area contributed by atoms with Crippen LogP contribution in [0.5, 0.6) is 5.75 Å². The number of hydrogen-bond donors (Lipinski definition) is 1. The fourth-order valence-corrected chi connectivity index (χ4v) is 4.41. The number of fused-ring (bicyclic) bond motifs is 2. The van der Waals surface area contributed by atoms with Crippen LogP contribution in [0.4, 0.5) is 4.39 Å². The van der Waals surface area contributed by atoms with E-state index in [0.29, 0.717) is 36.3 Å². The van der Waals surface area contributed by atoms with E-state index in [4.69, 9.17) is 20.0 Å². The highest BCUT2D eigenvalue weighted by atomic mass is 19.1. The second kappa shape index (κ2) is 6.69. The van der Waals surface area contributed by atoms with Gasteiger partial charge in [0.25, 0.3) is 5.72 Å². The molecule has 2 aromatic carbocycles. The van der Waals surface area contributed by atoms with Gasteiger partial charge in [0, 0.05) is 13.7 Å². The van der Waals surface area contributed by atoms with Gasteiger partial charge in [-0.15, -0.1) is 0 Å². The second-order valence-corrected chi connectivity index (χ2v) is 7.84. The summed E-state index contributed by atoms with van der Waals surface area (Å²) in [7, 11) is 1.60. The van der Waals surface area contributed by atoms with Gasteiger partial charge in [-0.3, -0.25) is 0 Å². The van der Waals surface area contributed by atoms with Crippen LogP contribution in [0.1, 0.15) is 24.0 Å². The summed E-state index contributed by atoms with van der Waals surface area (Å²) in [6.45, 7) is 0.682. The van der Waals surface area contributed by atoms with Crippen LogP contribution in [0.3, 0.4) is 0 Å². The lowest BCUT2D eigenvalue weighted by Gasteiger charge is -2.48. The molecule has 0 radical (unpaired) electrons. The Labute approximate surface area is 173 Å². The number of rotatable bonds is 1. The quantitative estimate of drug-likeness (QED) is 0.780. The molecule has 0 aliphatic carbocycles. The number of hydrogen-bond acceptors (Lipinski definition) is 7. The molecule has 5 rings (SSSR count). The number of nitrogens with two attached hydrogens (primary N) is 1. The number of hydroxylamine groups is 2. The van der Waals surface area contributed by atoms with Crippen molar-refractivity contribution in [3.05, 3.63) is 53.6 Å². The van der Waals surface area contributed by atoms with Gasteiger partial charge in [-0.1, -0.05) is 18.2 Å². The molecule has 2 aromatic rings. The molecular formula is C22H21FN4O3. The Morgan fingerprint density at radius 2 is 2.10 bits per heavy atom. The summed E-state index contributed by atoms with van der Waals surface area (Å²) < 4.78 is 28.0. The third kappa shape index (κ3) is 2.66. The van der Waals surface area contributed by atoms with Crippen molar-refractivity contribution in [1.82, 2.24) is 5.06 Å². The molecule has 8 heteroatoms. The molecule has 2 spiro atoms. The van der Waals surface area contributed by atoms with E-state index in [2.05, 4.69) is 11.1 Å². The van der Waals surface area contributed by atoms with E-state index < -0.39 is 17.5 Å². The van der Waals surface area contributed by atoms with Gasteiger partial charge >= 0.3 is 0 Å². The standard InChI is InChI=1S/C22H21FN4O3/c1-27-20(25)26-22(30-27)17-11-16(15-5-2-4-14(10-15)12-24)6-7-18(17)29-21(19(22)23)8-3-9-28-13-21/h2,4-7,10-11,19H,3,8-9,13H2,1H3,(H2,25,26). The van der Waals surface area contributed by atoms with Crippen molar-refractivity contribution in [1.29, 1.82) is 5.26 Å². The molecule has 3 aliphatic heterocycles. The third-order valence-electron chi connectivity index (χ3n) is 5.92. The summed E-state index contributed by atoms with van der Waals surface area (Å²) in [4.78, 5) is 10.4. The van der Waals surface area contributed by atoms with Crippen molar-refractivity contribution >= 4 is 5.96 Å². The Balaban J connectivity index is 1.68. The van der Waals surface area contributed by atoms with Gasteiger partial charge in [-0.2, -0.15) is 5.26 Å². The lowest BCUT2D eigenvalue weighted by atomic mass is 9.79. The number of nitriles is 1. The zero-order valence-corrected chi connectivity index (χ0v) is 16.5. The fourth-order valence-electron chi connectivity index (χ4n) is 4.41. The van der Waals surface area contributed by atoms with E-state index in [-0.39, 0.29) is 12.6 Å². The normalized spacial score (nSPS) is 30.0. The monoisotopic (exact) mass is 408 g/mol. The molecule has 3 aliphatic rings. The van der Waals surface area contributed by atoms with Crippen molar-refractivity contribution in [3.63, 3.8) is 0 Å². The highest BCUT2D eigenvalue weighted by molar-refractivity contribution is 5.79. The van der Waals surface area contributed by atoms with Crippen LogP contribution in [-0.4, -0.2) is 43.1 Å². The fraction of sp³-hybridized carbons (Fsp3) is 0.364. The number of aliphatic imine (C=N–C) groups is 1. The Bertz CT molecular complexity index is 1080. The van der Waals surface area contributed by atoms with Crippen LogP contribution in [0.25, 0.3) is 11.1 Å². The van der Waals surface area contributed by atoms with Crippen molar-refractivity contribution in [2.24, 2.45) is 10.7 Å². The lowest BCUT2D eigenvalue weighted by molar-refractivity contribution is -0.254. The topological polar surface area (TPSA) is 93.1 Å². The first kappa shape index (κ1) is 18.9. The molecule has 1 saturated heterocycles. The Kier molecular flexibility index (Phi) is 4.20. The maximum Gasteiger partial charge on any atom is 0.252 e. The van der Waals surface area contributed by atoms with Crippen LogP contribution in [0, 0.1) is 11.3 Å². The molecule has 3 atom stereocenters. The Morgan fingerprint density at radius 1 is 1.27 bits per heavy atom. The molecule has 154 valence electrons. The minimum absolute atomic E-state index is 0.0919. The van der Waals surface area contributed by atoms with Crippen LogP contribution in [-0.2, 0) is 15.3 Å². The summed E-state index contributed by atoms with van der Waals surface area (Å²) in [6, 6.07) is 14.8. The zero-order chi connectivity index (χ0) is 20.9. The first-order valence-corrected chi connectivity index (χ1v) is 9.81. The molecule has 7 nitrogen and oxygen atoms in total. The van der Waals surface area contributed by atoms with E-state index in [1.165, 1.54) is 5.06 Å². The summed E-state index contributed by atoms with van der Waals surface area (Å²) in [6.07, 6.45) is -0.453. The van der Waals surface area contributed by atoms with Gasteiger partial charge in [0.2, 0.25) is 5.96 Å². The van der Waals surface area contributed by atoms with Gasteiger partial charge in [0.1, 0.15) is 5.75 Å². The van der Waals surface area contributed by atoms with E-state index in [1.807, 2.05) is 18.2 Å². The number of alkyl halides is 1. The number of guanidine groups is 1. The predicted molar refractivity (Wildman–Crippen MR) is 107 cm³/mol. The SMILES string of the molecule is CN1OC2(N=C1N)c1cc(-c3cccc(C#N)c3)ccc1OC1(CCCOC1)C2F. The maximum absolute atomic E-state index is 16.2. The number of benzene rings is 2. The zero-order valence-electron chi connectivity index (χ0n) is 16.5. The predicted octanol–water partition coefficient (Wildman–Crippen LogP) is 2.85. The molecule has 3 unspecified atom stereocenters. The Morgan fingerprint density at radius 3 is 2.80 bits per heavy atom. The van der Waals surface area contributed by atoms with Crippen molar-refractivity contribution < 1.29 is 18.7 Å². The summed E-state index contributed by atoms with van der Waals surface area (Å²) in [5.74, 6) is 0.579. The van der Waals surface area contributed by atoms with Crippen molar-refractivity contribution in [3.8, 4) is 22.9 Å². The lowest BCUT2D eigenvalue weighted by Crippen LogP contribution is -2.62. The first-order valence-electron chi connectivity index (χ1n) is 9.81. The Hall–Kier alpha value is -3.15. The van der Waals surface area contributed by atoms with Crippen LogP contribution in [0.2, 0.25) is 0 Å². The van der Waals surface area contributed by atoms with E-state index in [9.17, 15) is 5.26 Å². The van der Waals surface area contributed by atoms with E-state index in [0.717, 1.165) is 11.1 Å². The van der Waals surface area contributed by atoms with Crippen LogP contribution >= 0.6 is 0 Å². The minimum Gasteiger partial charge on any atom is -0.481 e. The first-order chi connectivity index (χ1) is 14.5. The number of halogens is 1. The highest BCUT2D eigenvalue weighted by Crippen LogP contribution is 2.53. The summed E-state index contributed by atoms with van der Waals surface area (Å²) in [5.41, 5.74) is 5.75. The van der Waals surface area contributed by atoms with Gasteiger partial charge in [-0.25, -0.2) is 19.3 Å². The van der Waals surface area contributed by atoms with Gasteiger partial charge in [0.15, 0.2) is 11.8 Å². The van der Waals surface area contributed by atoms with Gasteiger partial charge in [0.05, 0.1) is 23.8 Å². The molecule has 0 bridgehead atoms. The van der Waals surface area contributed by atoms with Gasteiger partial charge in [-0.05, 0) is 48.2 Å². The third-order valence-corrected chi connectivity index (χ3v) is 5.92. The smallest absolute Gasteiger partial charge is 0.252 e. The largest absolute Gasteiger partial charge is 0.481 e. The second-order valence-electron chi connectivity index (χ2n) is 7.84. The average molecular weight is 408 g/mol. The van der Waals surface area contributed by atoms with Crippen molar-refractivity contribution in [2.45, 2.75) is 30.3 Å². The average Bonchev–Trinajstić information content (AvgIpc) is 3.08. The summed E-state index contributed by atoms with van der Waals surface area (Å²) in [5, 5.41) is 10.5. The molecule has 0 saturated carbocycles. The molecule has 0 amide bonds. The van der Waals surface area contributed by atoms with Crippen LogP contribution < -0.4 is 10.5 Å². The number of nitrogens with zero attached hydrogens (tertiary/aromatic N) is 3. The molecule has 1 fully saturated rings. The van der Waals surface area contributed by atoms with Gasteiger partial charge < -0.3 is 15.2 Å². The number of ether oxygens (including phenoxy) is 2. The summed E-state index contributed by atoms with van der Waals surface area (Å²) >= 11 is 0. The molecular weight excluding hydrogens is 387 g/mol. The molecule has 30 heavy (non-hydrogen) atoms. The van der Waals surface area contributed by atoms with E-state index >= 15 is 4.39 Å². The van der Waals surface area contributed by atoms with Crippen molar-refractivity contribution in [2.75, 3.05) is 20.3 Å². The maximum atomic E-state index is 16.2. The van der Waals surface area contributed by atoms with Crippen LogP contribution in [0.15, 0.2) is 47.5 Å². The highest BCUT2D eigenvalue weighted by Gasteiger charge is 2.64. The molecule has 2 N–H and O–H groups in total.